The number of ketones is 1. The van der Waals surface area contributed by atoms with Crippen molar-refractivity contribution in [3.8, 4) is 0 Å². The van der Waals surface area contributed by atoms with Crippen LogP contribution in [-0.4, -0.2) is 29.1 Å². The molecule has 20 heavy (non-hydrogen) atoms. The molecule has 2 unspecified atom stereocenters. The Morgan fingerprint density at radius 3 is 2.65 bits per heavy atom. The van der Waals surface area contributed by atoms with E-state index in [1.54, 1.807) is 31.2 Å². The lowest BCUT2D eigenvalue weighted by Gasteiger charge is -2.37. The van der Waals surface area contributed by atoms with E-state index in [0.717, 1.165) is 12.8 Å². The van der Waals surface area contributed by atoms with Gasteiger partial charge in [0.05, 0.1) is 12.5 Å². The smallest absolute Gasteiger partial charge is 0.312 e. The van der Waals surface area contributed by atoms with Gasteiger partial charge in [0.2, 0.25) is 0 Å². The molecule has 1 saturated carbocycles. The van der Waals surface area contributed by atoms with Crippen molar-refractivity contribution in [3.05, 3.63) is 35.9 Å². The van der Waals surface area contributed by atoms with Crippen LogP contribution in [0.15, 0.2) is 30.3 Å². The summed E-state index contributed by atoms with van der Waals surface area (Å²) in [7, 11) is 0. The zero-order valence-corrected chi connectivity index (χ0v) is 11.7. The Kier molecular flexibility index (Phi) is 4.55. The third kappa shape index (κ3) is 2.75. The predicted molar refractivity (Wildman–Crippen MR) is 74.3 cm³/mol. The average molecular weight is 276 g/mol. The molecule has 4 heteroatoms. The summed E-state index contributed by atoms with van der Waals surface area (Å²) in [5.74, 6) is -1.61. The van der Waals surface area contributed by atoms with Gasteiger partial charge in [0, 0.05) is 5.56 Å². The first-order chi connectivity index (χ1) is 9.59. The van der Waals surface area contributed by atoms with Crippen molar-refractivity contribution in [1.82, 2.24) is 0 Å². The molecular weight excluding hydrogens is 256 g/mol. The van der Waals surface area contributed by atoms with Crippen LogP contribution in [0.2, 0.25) is 0 Å². The van der Waals surface area contributed by atoms with Gasteiger partial charge in [-0.2, -0.15) is 0 Å². The molecule has 1 aromatic carbocycles. The van der Waals surface area contributed by atoms with Crippen molar-refractivity contribution >= 4 is 11.8 Å². The van der Waals surface area contributed by atoms with Crippen molar-refractivity contribution in [2.24, 2.45) is 5.92 Å². The average Bonchev–Trinajstić information content (AvgIpc) is 2.48. The SMILES string of the molecule is CCOC(=O)C1CCCCC1(O)C(=O)c1ccccc1. The van der Waals surface area contributed by atoms with Crippen LogP contribution in [0.1, 0.15) is 43.0 Å². The van der Waals surface area contributed by atoms with Crippen LogP contribution < -0.4 is 0 Å². The van der Waals surface area contributed by atoms with E-state index in [-0.39, 0.29) is 12.4 Å². The van der Waals surface area contributed by atoms with Crippen molar-refractivity contribution in [2.75, 3.05) is 6.61 Å². The number of carbonyl (C=O) groups excluding carboxylic acids is 2. The Labute approximate surface area is 118 Å². The Hall–Kier alpha value is -1.68. The summed E-state index contributed by atoms with van der Waals surface area (Å²) in [6, 6.07) is 8.64. The van der Waals surface area contributed by atoms with E-state index in [1.807, 2.05) is 6.07 Å². The predicted octanol–water partition coefficient (Wildman–Crippen LogP) is 2.35. The standard InChI is InChI=1S/C16H20O4/c1-2-20-15(18)13-10-6-7-11-16(13,19)14(17)12-8-4-3-5-9-12/h3-5,8-9,13,19H,2,6-7,10-11H2,1H3. The van der Waals surface area contributed by atoms with Crippen molar-refractivity contribution in [1.29, 1.82) is 0 Å². The molecule has 2 rings (SSSR count). The van der Waals surface area contributed by atoms with Gasteiger partial charge in [-0.1, -0.05) is 43.2 Å². The molecule has 1 N–H and O–H groups in total. The molecule has 0 heterocycles. The van der Waals surface area contributed by atoms with Crippen LogP contribution in [0.5, 0.6) is 0 Å². The van der Waals surface area contributed by atoms with E-state index in [0.29, 0.717) is 18.4 Å². The Morgan fingerprint density at radius 1 is 1.30 bits per heavy atom. The first kappa shape index (κ1) is 14.7. The molecule has 2 atom stereocenters. The second kappa shape index (κ2) is 6.18. The van der Waals surface area contributed by atoms with Gasteiger partial charge >= 0.3 is 5.97 Å². The van der Waals surface area contributed by atoms with Crippen LogP contribution in [0.25, 0.3) is 0 Å². The highest BCUT2D eigenvalue weighted by Gasteiger charge is 2.49. The van der Waals surface area contributed by atoms with Crippen LogP contribution >= 0.6 is 0 Å². The molecule has 1 aliphatic rings. The number of hydrogen-bond acceptors (Lipinski definition) is 4. The summed E-state index contributed by atoms with van der Waals surface area (Å²) in [5.41, 5.74) is -1.20. The van der Waals surface area contributed by atoms with Gasteiger partial charge in [-0.3, -0.25) is 9.59 Å². The van der Waals surface area contributed by atoms with E-state index in [2.05, 4.69) is 0 Å². The van der Waals surface area contributed by atoms with Crippen molar-refractivity contribution in [3.63, 3.8) is 0 Å². The number of carbonyl (C=O) groups is 2. The first-order valence-corrected chi connectivity index (χ1v) is 7.08. The van der Waals surface area contributed by atoms with E-state index < -0.39 is 17.5 Å². The number of Topliss-reactive ketones (excluding diaryl/α,β-unsaturated/α-hetero) is 1. The maximum atomic E-state index is 12.6. The molecule has 0 radical (unpaired) electrons. The third-order valence-electron chi connectivity index (χ3n) is 3.88. The Balaban J connectivity index is 2.29. The van der Waals surface area contributed by atoms with E-state index >= 15 is 0 Å². The lowest BCUT2D eigenvalue weighted by molar-refractivity contribution is -0.158. The van der Waals surface area contributed by atoms with Gasteiger partial charge in [0.1, 0.15) is 5.60 Å². The second-order valence-electron chi connectivity index (χ2n) is 5.17. The molecule has 0 saturated heterocycles. The minimum Gasteiger partial charge on any atom is -0.466 e. The highest BCUT2D eigenvalue weighted by Crippen LogP contribution is 2.37. The minimum atomic E-state index is -1.63. The zero-order chi connectivity index (χ0) is 14.6. The summed E-state index contributed by atoms with van der Waals surface area (Å²) in [4.78, 5) is 24.6. The fourth-order valence-corrected chi connectivity index (χ4v) is 2.82. The largest absolute Gasteiger partial charge is 0.466 e. The quantitative estimate of drug-likeness (QED) is 0.677. The normalized spacial score (nSPS) is 26.0. The van der Waals surface area contributed by atoms with E-state index in [4.69, 9.17) is 4.74 Å². The number of aliphatic hydroxyl groups is 1. The molecule has 108 valence electrons. The molecule has 4 nitrogen and oxygen atoms in total. The van der Waals surface area contributed by atoms with Gasteiger partial charge in [-0.05, 0) is 19.8 Å². The number of rotatable bonds is 4. The number of hydrogen-bond donors (Lipinski definition) is 1. The topological polar surface area (TPSA) is 63.6 Å². The fourth-order valence-electron chi connectivity index (χ4n) is 2.82. The summed E-state index contributed by atoms with van der Waals surface area (Å²) >= 11 is 0. The van der Waals surface area contributed by atoms with Crippen LogP contribution in [0.4, 0.5) is 0 Å². The van der Waals surface area contributed by atoms with E-state index in [9.17, 15) is 14.7 Å². The van der Waals surface area contributed by atoms with Gasteiger partial charge in [0.15, 0.2) is 5.78 Å². The fraction of sp³-hybridized carbons (Fsp3) is 0.500. The molecule has 1 aromatic rings. The zero-order valence-electron chi connectivity index (χ0n) is 11.7. The summed E-state index contributed by atoms with van der Waals surface area (Å²) in [6.07, 6.45) is 2.37. The number of ether oxygens (including phenoxy) is 1. The maximum Gasteiger partial charge on any atom is 0.312 e. The van der Waals surface area contributed by atoms with Gasteiger partial charge in [0.25, 0.3) is 0 Å². The second-order valence-corrected chi connectivity index (χ2v) is 5.17. The van der Waals surface area contributed by atoms with Crippen LogP contribution in [0, 0.1) is 5.92 Å². The van der Waals surface area contributed by atoms with E-state index in [1.165, 1.54) is 0 Å². The van der Waals surface area contributed by atoms with Gasteiger partial charge in [-0.15, -0.1) is 0 Å². The lowest BCUT2D eigenvalue weighted by Crippen LogP contribution is -2.51. The van der Waals surface area contributed by atoms with Gasteiger partial charge < -0.3 is 9.84 Å². The van der Waals surface area contributed by atoms with Crippen molar-refractivity contribution < 1.29 is 19.4 Å². The van der Waals surface area contributed by atoms with Gasteiger partial charge in [-0.25, -0.2) is 0 Å². The van der Waals surface area contributed by atoms with Crippen LogP contribution in [0.3, 0.4) is 0 Å². The Morgan fingerprint density at radius 2 is 2.00 bits per heavy atom. The molecule has 0 spiro atoms. The lowest BCUT2D eigenvalue weighted by atomic mass is 9.71. The van der Waals surface area contributed by atoms with Crippen LogP contribution in [-0.2, 0) is 9.53 Å². The monoisotopic (exact) mass is 276 g/mol. The van der Waals surface area contributed by atoms with Crippen molar-refractivity contribution in [2.45, 2.75) is 38.2 Å². The summed E-state index contributed by atoms with van der Waals surface area (Å²) in [6.45, 7) is 1.98. The molecule has 1 fully saturated rings. The number of esters is 1. The summed E-state index contributed by atoms with van der Waals surface area (Å²) < 4.78 is 5.01. The Bertz CT molecular complexity index is 483. The maximum absolute atomic E-state index is 12.6. The minimum absolute atomic E-state index is 0.255. The molecule has 0 amide bonds. The highest BCUT2D eigenvalue weighted by atomic mass is 16.5. The molecule has 0 aliphatic heterocycles. The first-order valence-electron chi connectivity index (χ1n) is 7.08. The highest BCUT2D eigenvalue weighted by molar-refractivity contribution is 6.04. The third-order valence-corrected chi connectivity index (χ3v) is 3.88. The molecule has 0 aromatic heterocycles. The molecule has 1 aliphatic carbocycles. The number of benzene rings is 1. The summed E-state index contributed by atoms with van der Waals surface area (Å²) in [5, 5.41) is 10.8. The molecular formula is C16H20O4. The molecule has 0 bridgehead atoms.